The van der Waals surface area contributed by atoms with Crippen molar-refractivity contribution in [3.63, 3.8) is 0 Å². The van der Waals surface area contributed by atoms with E-state index in [2.05, 4.69) is 20.8 Å². The van der Waals surface area contributed by atoms with E-state index in [4.69, 9.17) is 9.47 Å². The van der Waals surface area contributed by atoms with E-state index in [-0.39, 0.29) is 16.9 Å². The number of carbonyl (C=O) groups is 1. The molecule has 180 valence electrons. The van der Waals surface area contributed by atoms with Crippen LogP contribution in [0.2, 0.25) is 0 Å². The summed E-state index contributed by atoms with van der Waals surface area (Å²) in [5, 5.41) is 14.6. The lowest BCUT2D eigenvalue weighted by Crippen LogP contribution is -2.40. The van der Waals surface area contributed by atoms with Crippen molar-refractivity contribution in [2.75, 3.05) is 38.2 Å². The quantitative estimate of drug-likeness (QED) is 0.538. The maximum absolute atomic E-state index is 13.1. The van der Waals surface area contributed by atoms with Gasteiger partial charge in [-0.15, -0.1) is 5.10 Å². The molecule has 2 atom stereocenters. The van der Waals surface area contributed by atoms with Crippen LogP contribution in [0.25, 0.3) is 0 Å². The van der Waals surface area contributed by atoms with Gasteiger partial charge < -0.3 is 14.8 Å². The lowest BCUT2D eigenvalue weighted by Gasteiger charge is -2.27. The molecule has 0 spiro atoms. The minimum absolute atomic E-state index is 0.0800. The van der Waals surface area contributed by atoms with Crippen molar-refractivity contribution in [3.05, 3.63) is 23.8 Å². The van der Waals surface area contributed by atoms with Crippen molar-refractivity contribution in [2.24, 2.45) is 0 Å². The SMILES string of the molecule is Cc1ccc(NC(=O)C(C)Sc2nnnn2CC2CCCO2)cc1S(=O)(=O)N1CCOCC1. The van der Waals surface area contributed by atoms with Gasteiger partial charge in [-0.3, -0.25) is 4.79 Å². The number of anilines is 1. The Hall–Kier alpha value is -2.06. The lowest BCUT2D eigenvalue weighted by atomic mass is 10.2. The second kappa shape index (κ2) is 10.5. The Morgan fingerprint density at radius 3 is 2.82 bits per heavy atom. The zero-order valence-electron chi connectivity index (χ0n) is 18.6. The van der Waals surface area contributed by atoms with E-state index in [0.717, 1.165) is 19.4 Å². The van der Waals surface area contributed by atoms with Crippen molar-refractivity contribution in [3.8, 4) is 0 Å². The molecule has 1 N–H and O–H groups in total. The predicted octanol–water partition coefficient (Wildman–Crippen LogP) is 1.30. The van der Waals surface area contributed by atoms with E-state index < -0.39 is 15.3 Å². The molecule has 2 aliphatic rings. The maximum atomic E-state index is 13.1. The predicted molar refractivity (Wildman–Crippen MR) is 121 cm³/mol. The average Bonchev–Trinajstić information content (AvgIpc) is 3.48. The van der Waals surface area contributed by atoms with Gasteiger partial charge in [-0.25, -0.2) is 13.1 Å². The zero-order valence-corrected chi connectivity index (χ0v) is 20.3. The molecule has 4 rings (SSSR count). The van der Waals surface area contributed by atoms with Gasteiger partial charge in [0.1, 0.15) is 0 Å². The van der Waals surface area contributed by atoms with Gasteiger partial charge in [0.2, 0.25) is 21.1 Å². The monoisotopic (exact) mass is 496 g/mol. The first-order valence-corrected chi connectivity index (χ1v) is 13.2. The van der Waals surface area contributed by atoms with Crippen LogP contribution in [0.4, 0.5) is 5.69 Å². The molecule has 0 saturated carbocycles. The van der Waals surface area contributed by atoms with Crippen LogP contribution in [0.3, 0.4) is 0 Å². The van der Waals surface area contributed by atoms with Crippen LogP contribution in [0.1, 0.15) is 25.3 Å². The number of nitrogens with zero attached hydrogens (tertiary/aromatic N) is 5. The van der Waals surface area contributed by atoms with Gasteiger partial charge in [0.05, 0.1) is 36.0 Å². The van der Waals surface area contributed by atoms with Crippen molar-refractivity contribution in [1.29, 1.82) is 0 Å². The van der Waals surface area contributed by atoms with Crippen LogP contribution in [-0.2, 0) is 30.8 Å². The van der Waals surface area contributed by atoms with Crippen LogP contribution in [-0.4, -0.2) is 83.1 Å². The average molecular weight is 497 g/mol. The summed E-state index contributed by atoms with van der Waals surface area (Å²) in [6.07, 6.45) is 2.06. The Kier molecular flexibility index (Phi) is 7.64. The van der Waals surface area contributed by atoms with E-state index in [1.54, 1.807) is 30.7 Å². The Morgan fingerprint density at radius 2 is 2.09 bits per heavy atom. The second-order valence-corrected chi connectivity index (χ2v) is 11.2. The molecule has 1 amide bonds. The van der Waals surface area contributed by atoms with Crippen LogP contribution in [0, 0.1) is 6.92 Å². The molecule has 33 heavy (non-hydrogen) atoms. The highest BCUT2D eigenvalue weighted by Gasteiger charge is 2.28. The maximum Gasteiger partial charge on any atom is 0.243 e. The summed E-state index contributed by atoms with van der Waals surface area (Å²) >= 11 is 1.24. The number of sulfonamides is 1. The third-order valence-corrected chi connectivity index (χ3v) is 8.71. The highest BCUT2D eigenvalue weighted by molar-refractivity contribution is 8.00. The fourth-order valence-electron chi connectivity index (χ4n) is 3.71. The molecule has 2 aromatic rings. The summed E-state index contributed by atoms with van der Waals surface area (Å²) in [7, 11) is -3.67. The number of hydrogen-bond acceptors (Lipinski definition) is 9. The highest BCUT2D eigenvalue weighted by atomic mass is 32.2. The van der Waals surface area contributed by atoms with E-state index in [1.807, 2.05) is 0 Å². The molecule has 1 aromatic heterocycles. The second-order valence-electron chi connectivity index (χ2n) is 8.02. The number of aryl methyl sites for hydroxylation is 1. The molecular weight excluding hydrogens is 468 g/mol. The summed E-state index contributed by atoms with van der Waals surface area (Å²) < 4.78 is 40.2. The molecule has 0 aliphatic carbocycles. The molecule has 0 bridgehead atoms. The Labute approximate surface area is 197 Å². The fraction of sp³-hybridized carbons (Fsp3) is 0.600. The topological polar surface area (TPSA) is 129 Å². The Balaban J connectivity index is 1.42. The Morgan fingerprint density at radius 1 is 1.30 bits per heavy atom. The normalized spacial score (nSPS) is 20.6. The van der Waals surface area contributed by atoms with Gasteiger partial charge in [0.25, 0.3) is 0 Å². The minimum atomic E-state index is -3.67. The number of benzene rings is 1. The van der Waals surface area contributed by atoms with Gasteiger partial charge in [0, 0.05) is 25.4 Å². The summed E-state index contributed by atoms with van der Waals surface area (Å²) in [6, 6.07) is 4.91. The molecule has 2 unspecified atom stereocenters. The fourth-order valence-corrected chi connectivity index (χ4v) is 6.17. The first kappa shape index (κ1) is 24.1. The van der Waals surface area contributed by atoms with Crippen LogP contribution >= 0.6 is 11.8 Å². The van der Waals surface area contributed by atoms with Gasteiger partial charge in [-0.1, -0.05) is 17.8 Å². The molecule has 1 aromatic carbocycles. The third kappa shape index (κ3) is 5.72. The molecule has 0 radical (unpaired) electrons. The van der Waals surface area contributed by atoms with E-state index in [1.165, 1.54) is 22.1 Å². The highest BCUT2D eigenvalue weighted by Crippen LogP contribution is 2.26. The number of carbonyl (C=O) groups excluding carboxylic acids is 1. The molecule has 2 saturated heterocycles. The van der Waals surface area contributed by atoms with Crippen molar-refractivity contribution in [2.45, 2.75) is 54.6 Å². The number of thioether (sulfide) groups is 1. The van der Waals surface area contributed by atoms with Crippen LogP contribution in [0.5, 0.6) is 0 Å². The van der Waals surface area contributed by atoms with Crippen LogP contribution in [0.15, 0.2) is 28.3 Å². The summed E-state index contributed by atoms with van der Waals surface area (Å²) in [5.41, 5.74) is 1.04. The number of ether oxygens (including phenoxy) is 2. The van der Waals surface area contributed by atoms with E-state index in [9.17, 15) is 13.2 Å². The molecule has 2 fully saturated rings. The first-order valence-electron chi connectivity index (χ1n) is 10.9. The molecule has 3 heterocycles. The lowest BCUT2D eigenvalue weighted by molar-refractivity contribution is -0.115. The van der Waals surface area contributed by atoms with E-state index in [0.29, 0.717) is 49.3 Å². The zero-order chi connectivity index (χ0) is 23.4. The van der Waals surface area contributed by atoms with Gasteiger partial charge in [-0.2, -0.15) is 4.31 Å². The molecular formula is C20H28N6O5S2. The first-order chi connectivity index (χ1) is 15.8. The van der Waals surface area contributed by atoms with Crippen molar-refractivity contribution >= 4 is 33.4 Å². The van der Waals surface area contributed by atoms with Crippen LogP contribution < -0.4 is 5.32 Å². The molecule has 2 aliphatic heterocycles. The number of rotatable bonds is 8. The third-order valence-electron chi connectivity index (χ3n) is 5.59. The number of aromatic nitrogens is 4. The molecule has 11 nitrogen and oxygen atoms in total. The van der Waals surface area contributed by atoms with Gasteiger partial charge in [-0.05, 0) is 54.8 Å². The van der Waals surface area contributed by atoms with Gasteiger partial charge in [0.15, 0.2) is 0 Å². The number of nitrogens with one attached hydrogen (secondary N) is 1. The van der Waals surface area contributed by atoms with Crippen molar-refractivity contribution in [1.82, 2.24) is 24.5 Å². The number of amides is 1. The minimum Gasteiger partial charge on any atom is -0.379 e. The number of tetrazole rings is 1. The summed E-state index contributed by atoms with van der Waals surface area (Å²) in [5.74, 6) is -0.273. The van der Waals surface area contributed by atoms with Gasteiger partial charge >= 0.3 is 0 Å². The smallest absolute Gasteiger partial charge is 0.243 e. The largest absolute Gasteiger partial charge is 0.379 e. The number of morpholine rings is 1. The number of hydrogen-bond donors (Lipinski definition) is 1. The van der Waals surface area contributed by atoms with Crippen molar-refractivity contribution < 1.29 is 22.7 Å². The standard InChI is InChI=1S/C20H28N6O5S2/c1-14-5-6-16(12-18(14)33(28,29)25-7-10-30-11-8-25)21-19(27)15(2)32-20-22-23-24-26(20)13-17-4-3-9-31-17/h5-6,12,15,17H,3-4,7-11,13H2,1-2H3,(H,21,27). The molecule has 13 heteroatoms. The Bertz CT molecular complexity index is 1080. The van der Waals surface area contributed by atoms with E-state index >= 15 is 0 Å². The summed E-state index contributed by atoms with van der Waals surface area (Å²) in [6.45, 7) is 6.15. The summed E-state index contributed by atoms with van der Waals surface area (Å²) in [4.78, 5) is 13.0.